The van der Waals surface area contributed by atoms with Gasteiger partial charge in [-0.25, -0.2) is 14.7 Å². The summed E-state index contributed by atoms with van der Waals surface area (Å²) in [5, 5.41) is 13.2. The lowest BCUT2D eigenvalue weighted by Gasteiger charge is -2.43. The van der Waals surface area contributed by atoms with E-state index in [-0.39, 0.29) is 11.5 Å². The van der Waals surface area contributed by atoms with Crippen LogP contribution in [0.15, 0.2) is 29.0 Å². The van der Waals surface area contributed by atoms with Crippen LogP contribution in [-0.4, -0.2) is 32.9 Å². The molecule has 1 saturated carbocycles. The predicted octanol–water partition coefficient (Wildman–Crippen LogP) is 4.49. The molecule has 1 aliphatic heterocycles. The lowest BCUT2D eigenvalue weighted by Crippen LogP contribution is -2.45. The summed E-state index contributed by atoms with van der Waals surface area (Å²) in [6.45, 7) is 7.24. The smallest absolute Gasteiger partial charge is 0.417 e. The summed E-state index contributed by atoms with van der Waals surface area (Å²) in [6.07, 6.45) is 5.07. The van der Waals surface area contributed by atoms with Crippen molar-refractivity contribution in [3.63, 3.8) is 0 Å². The maximum atomic E-state index is 12.8. The third-order valence-corrected chi connectivity index (χ3v) is 6.81. The van der Waals surface area contributed by atoms with E-state index in [0.29, 0.717) is 18.0 Å². The fraction of sp³-hybridized carbons (Fsp3) is 0.478. The molecule has 2 atom stereocenters. The second-order valence-corrected chi connectivity index (χ2v) is 9.36. The van der Waals surface area contributed by atoms with Gasteiger partial charge in [0.25, 0.3) is 0 Å². The molecule has 2 aromatic heterocycles. The Morgan fingerprint density at radius 2 is 2.13 bits per heavy atom. The van der Waals surface area contributed by atoms with Crippen molar-refractivity contribution in [3.05, 3.63) is 41.3 Å². The van der Waals surface area contributed by atoms with Crippen LogP contribution in [0.4, 0.5) is 10.7 Å². The molecule has 31 heavy (non-hydrogen) atoms. The molecule has 0 bridgehead atoms. The zero-order chi connectivity index (χ0) is 21.8. The SMILES string of the molecule is Cc1noc(N2C[C@@]3(CCC[C@](C)(Cn4cnc5ccc(C#N)cc54)C3)OC2=O)c1C. The average Bonchev–Trinajstić information content (AvgIpc) is 3.38. The molecule has 8 heteroatoms. The van der Waals surface area contributed by atoms with E-state index in [1.807, 2.05) is 32.3 Å². The lowest BCUT2D eigenvalue weighted by atomic mass is 9.68. The monoisotopic (exact) mass is 419 g/mol. The second kappa shape index (κ2) is 6.84. The van der Waals surface area contributed by atoms with E-state index < -0.39 is 5.60 Å². The summed E-state index contributed by atoms with van der Waals surface area (Å²) in [6, 6.07) is 7.76. The Hall–Kier alpha value is -3.34. The zero-order valence-electron chi connectivity index (χ0n) is 18.0. The number of anilines is 1. The highest BCUT2D eigenvalue weighted by atomic mass is 16.6. The standard InChI is InChI=1S/C23H25N5O3/c1-15-16(2)26-31-20(15)28-13-23(30-21(28)29)8-4-7-22(3,11-23)12-27-14-25-18-6-5-17(10-24)9-19(18)27/h5-6,9,14H,4,7-8,11-13H2,1-3H3/t22-,23-/m0/s1. The Morgan fingerprint density at radius 3 is 2.87 bits per heavy atom. The van der Waals surface area contributed by atoms with Gasteiger partial charge in [0.2, 0.25) is 5.88 Å². The summed E-state index contributed by atoms with van der Waals surface area (Å²) in [5.74, 6) is 0.483. The van der Waals surface area contributed by atoms with Crippen LogP contribution in [0.1, 0.15) is 49.4 Å². The van der Waals surface area contributed by atoms with Crippen LogP contribution in [-0.2, 0) is 11.3 Å². The topological polar surface area (TPSA) is 97.2 Å². The Balaban J connectivity index is 1.41. The molecule has 1 saturated heterocycles. The fourth-order valence-corrected chi connectivity index (χ4v) is 5.25. The Morgan fingerprint density at radius 1 is 1.29 bits per heavy atom. The van der Waals surface area contributed by atoms with Gasteiger partial charge in [-0.2, -0.15) is 5.26 Å². The van der Waals surface area contributed by atoms with Gasteiger partial charge < -0.3 is 13.8 Å². The van der Waals surface area contributed by atoms with Crippen molar-refractivity contribution in [2.24, 2.45) is 5.41 Å². The number of amides is 1. The van der Waals surface area contributed by atoms with Gasteiger partial charge in [-0.15, -0.1) is 0 Å². The minimum atomic E-state index is -0.536. The van der Waals surface area contributed by atoms with E-state index in [4.69, 9.17) is 9.26 Å². The van der Waals surface area contributed by atoms with Crippen LogP contribution in [0.2, 0.25) is 0 Å². The minimum Gasteiger partial charge on any atom is -0.441 e. The number of carbonyl (C=O) groups is 1. The van der Waals surface area contributed by atoms with E-state index in [0.717, 1.165) is 54.5 Å². The number of ether oxygens (including phenoxy) is 1. The number of nitriles is 1. The third-order valence-electron chi connectivity index (χ3n) is 6.81. The molecule has 5 rings (SSSR count). The summed E-state index contributed by atoms with van der Waals surface area (Å²) in [7, 11) is 0. The van der Waals surface area contributed by atoms with Crippen molar-refractivity contribution in [1.29, 1.82) is 5.26 Å². The van der Waals surface area contributed by atoms with Gasteiger partial charge in [-0.1, -0.05) is 12.1 Å². The molecule has 160 valence electrons. The fourth-order valence-electron chi connectivity index (χ4n) is 5.25. The molecule has 0 N–H and O–H groups in total. The number of nitrogens with zero attached hydrogens (tertiary/aromatic N) is 5. The second-order valence-electron chi connectivity index (χ2n) is 9.36. The van der Waals surface area contributed by atoms with Gasteiger partial charge >= 0.3 is 6.09 Å². The maximum Gasteiger partial charge on any atom is 0.417 e. The van der Waals surface area contributed by atoms with Crippen molar-refractivity contribution in [2.45, 2.75) is 58.6 Å². The van der Waals surface area contributed by atoms with Crippen molar-refractivity contribution >= 4 is 23.0 Å². The number of imidazole rings is 1. The molecule has 2 fully saturated rings. The molecule has 3 aromatic rings. The van der Waals surface area contributed by atoms with Crippen LogP contribution in [0, 0.1) is 30.6 Å². The largest absolute Gasteiger partial charge is 0.441 e. The molecule has 2 aliphatic rings. The Labute approximate surface area is 180 Å². The lowest BCUT2D eigenvalue weighted by molar-refractivity contribution is -0.0264. The molecule has 0 radical (unpaired) electrons. The van der Waals surface area contributed by atoms with Crippen molar-refractivity contribution in [3.8, 4) is 6.07 Å². The zero-order valence-corrected chi connectivity index (χ0v) is 18.0. The quantitative estimate of drug-likeness (QED) is 0.620. The van der Waals surface area contributed by atoms with E-state index in [9.17, 15) is 10.1 Å². The third kappa shape index (κ3) is 3.25. The molecular formula is C23H25N5O3. The number of fused-ring (bicyclic) bond motifs is 1. The van der Waals surface area contributed by atoms with Crippen LogP contribution in [0.25, 0.3) is 11.0 Å². The van der Waals surface area contributed by atoms with Crippen molar-refractivity contribution in [2.75, 3.05) is 11.4 Å². The van der Waals surface area contributed by atoms with E-state index in [1.54, 1.807) is 11.0 Å². The minimum absolute atomic E-state index is 0.0722. The number of aryl methyl sites for hydroxylation is 1. The van der Waals surface area contributed by atoms with Crippen LogP contribution >= 0.6 is 0 Å². The molecule has 3 heterocycles. The first kappa shape index (κ1) is 19.6. The van der Waals surface area contributed by atoms with Gasteiger partial charge in [-0.05, 0) is 63.1 Å². The van der Waals surface area contributed by atoms with Crippen LogP contribution < -0.4 is 4.90 Å². The maximum absolute atomic E-state index is 12.8. The molecule has 1 amide bonds. The summed E-state index contributed by atoms with van der Waals surface area (Å²) >= 11 is 0. The summed E-state index contributed by atoms with van der Waals surface area (Å²) in [4.78, 5) is 18.8. The highest BCUT2D eigenvalue weighted by Crippen LogP contribution is 2.48. The number of carbonyl (C=O) groups excluding carboxylic acids is 1. The first-order chi connectivity index (χ1) is 14.8. The Bertz CT molecular complexity index is 1220. The van der Waals surface area contributed by atoms with Crippen molar-refractivity contribution in [1.82, 2.24) is 14.7 Å². The number of rotatable bonds is 3. The molecule has 1 aromatic carbocycles. The highest BCUT2D eigenvalue weighted by Gasteiger charge is 2.52. The van der Waals surface area contributed by atoms with Gasteiger partial charge in [0.15, 0.2) is 0 Å². The normalized spacial score (nSPS) is 25.9. The molecular weight excluding hydrogens is 394 g/mol. The predicted molar refractivity (Wildman–Crippen MR) is 114 cm³/mol. The first-order valence-corrected chi connectivity index (χ1v) is 10.6. The molecule has 0 unspecified atom stereocenters. The molecule has 1 aliphatic carbocycles. The summed E-state index contributed by atoms with van der Waals surface area (Å²) in [5.41, 5.74) is 3.49. The number of benzene rings is 1. The summed E-state index contributed by atoms with van der Waals surface area (Å²) < 4.78 is 13.5. The van der Waals surface area contributed by atoms with E-state index >= 15 is 0 Å². The average molecular weight is 419 g/mol. The number of hydrogen-bond donors (Lipinski definition) is 0. The van der Waals surface area contributed by atoms with E-state index in [1.165, 1.54) is 0 Å². The van der Waals surface area contributed by atoms with Gasteiger partial charge in [0.1, 0.15) is 5.60 Å². The number of hydrogen-bond acceptors (Lipinski definition) is 6. The van der Waals surface area contributed by atoms with E-state index in [2.05, 4.69) is 27.7 Å². The van der Waals surface area contributed by atoms with Crippen molar-refractivity contribution < 1.29 is 14.1 Å². The molecule has 1 spiro atoms. The van der Waals surface area contributed by atoms with Gasteiger partial charge in [0.05, 0.1) is 41.2 Å². The van der Waals surface area contributed by atoms with Gasteiger partial charge in [0, 0.05) is 12.1 Å². The van der Waals surface area contributed by atoms with Crippen LogP contribution in [0.5, 0.6) is 0 Å². The molecule has 8 nitrogen and oxygen atoms in total. The first-order valence-electron chi connectivity index (χ1n) is 10.6. The Kier molecular flexibility index (Phi) is 4.33. The van der Waals surface area contributed by atoms with Crippen LogP contribution in [0.3, 0.4) is 0 Å². The highest BCUT2D eigenvalue weighted by molar-refractivity contribution is 5.89. The number of aromatic nitrogens is 3. The van der Waals surface area contributed by atoms with Gasteiger partial charge in [-0.3, -0.25) is 0 Å².